The zero-order chi connectivity index (χ0) is 23.7. The second-order valence-corrected chi connectivity index (χ2v) is 9.29. The quantitative estimate of drug-likeness (QED) is 0.441. The van der Waals surface area contributed by atoms with Crippen LogP contribution in [0.25, 0.3) is 15.5 Å². The molecule has 2 aromatic carbocycles. The molecule has 0 spiro atoms. The molecule has 0 bridgehead atoms. The standard InChI is InChI=1S/C25H25N5O3S/c1-17-7-9-19(10-8-17)33-16-23(32)29-13-11-28(12-14-29)21-15-22(31)30-25(26-21)34-24(27-30)20-6-4-3-5-18(20)2/h3-10,15H,11-14,16H2,1-2H3. The Kier molecular flexibility index (Phi) is 6.02. The van der Waals surface area contributed by atoms with Gasteiger partial charge in [-0.1, -0.05) is 53.3 Å². The van der Waals surface area contributed by atoms with Crippen LogP contribution in [0.3, 0.4) is 0 Å². The maximum absolute atomic E-state index is 12.7. The average Bonchev–Trinajstić information content (AvgIpc) is 3.28. The van der Waals surface area contributed by atoms with Gasteiger partial charge in [0.15, 0.2) is 6.61 Å². The molecule has 0 N–H and O–H groups in total. The highest BCUT2D eigenvalue weighted by atomic mass is 32.1. The number of carbonyl (C=O) groups is 1. The molecule has 34 heavy (non-hydrogen) atoms. The normalized spacial score (nSPS) is 13.9. The predicted octanol–water partition coefficient (Wildman–Crippen LogP) is 3.16. The maximum atomic E-state index is 12.7. The van der Waals surface area contributed by atoms with E-state index >= 15 is 0 Å². The van der Waals surface area contributed by atoms with E-state index in [1.54, 1.807) is 4.90 Å². The van der Waals surface area contributed by atoms with Crippen molar-refractivity contribution in [3.63, 3.8) is 0 Å². The van der Waals surface area contributed by atoms with Crippen molar-refractivity contribution >= 4 is 28.0 Å². The summed E-state index contributed by atoms with van der Waals surface area (Å²) in [5.74, 6) is 1.26. The molecule has 0 radical (unpaired) electrons. The second-order valence-electron chi connectivity index (χ2n) is 8.34. The Bertz CT molecular complexity index is 1390. The lowest BCUT2D eigenvalue weighted by Crippen LogP contribution is -2.50. The molecule has 5 rings (SSSR count). The Balaban J connectivity index is 1.25. The van der Waals surface area contributed by atoms with Crippen LogP contribution in [0.4, 0.5) is 5.82 Å². The van der Waals surface area contributed by atoms with Gasteiger partial charge in [0.1, 0.15) is 16.6 Å². The number of benzene rings is 2. The van der Waals surface area contributed by atoms with Crippen LogP contribution < -0.4 is 15.2 Å². The summed E-state index contributed by atoms with van der Waals surface area (Å²) in [7, 11) is 0. The summed E-state index contributed by atoms with van der Waals surface area (Å²) in [5.41, 5.74) is 3.04. The van der Waals surface area contributed by atoms with Gasteiger partial charge in [0.05, 0.1) is 0 Å². The maximum Gasteiger partial charge on any atom is 0.277 e. The number of aromatic nitrogens is 3. The number of hydrogen-bond donors (Lipinski definition) is 0. The van der Waals surface area contributed by atoms with Gasteiger partial charge < -0.3 is 14.5 Å². The number of fused-ring (bicyclic) bond motifs is 1. The van der Waals surface area contributed by atoms with Crippen LogP contribution in [0.1, 0.15) is 11.1 Å². The van der Waals surface area contributed by atoms with Crippen molar-refractivity contribution in [2.24, 2.45) is 0 Å². The molecule has 4 aromatic rings. The number of aryl methyl sites for hydroxylation is 2. The zero-order valence-electron chi connectivity index (χ0n) is 19.1. The first-order valence-electron chi connectivity index (χ1n) is 11.2. The number of piperazine rings is 1. The summed E-state index contributed by atoms with van der Waals surface area (Å²) >= 11 is 1.40. The number of rotatable bonds is 5. The van der Waals surface area contributed by atoms with Crippen molar-refractivity contribution in [1.82, 2.24) is 19.5 Å². The molecule has 0 aliphatic carbocycles. The number of amides is 1. The first-order chi connectivity index (χ1) is 16.5. The smallest absolute Gasteiger partial charge is 0.277 e. The van der Waals surface area contributed by atoms with Crippen molar-refractivity contribution in [2.45, 2.75) is 13.8 Å². The lowest BCUT2D eigenvalue weighted by molar-refractivity contribution is -0.133. The fourth-order valence-corrected chi connectivity index (χ4v) is 4.93. The molecule has 1 aliphatic rings. The molecule has 1 aliphatic heterocycles. The summed E-state index contributed by atoms with van der Waals surface area (Å²) in [6, 6.07) is 17.1. The number of hydrogen-bond acceptors (Lipinski definition) is 7. The molecule has 1 saturated heterocycles. The van der Waals surface area contributed by atoms with E-state index < -0.39 is 0 Å². The number of carbonyl (C=O) groups excluding carboxylic acids is 1. The highest BCUT2D eigenvalue weighted by molar-refractivity contribution is 7.19. The number of ether oxygens (including phenoxy) is 1. The van der Waals surface area contributed by atoms with Gasteiger partial charge in [-0.2, -0.15) is 9.61 Å². The molecular formula is C25H25N5O3S. The molecule has 174 valence electrons. The van der Waals surface area contributed by atoms with Crippen LogP contribution in [-0.4, -0.2) is 58.2 Å². The van der Waals surface area contributed by atoms with E-state index in [-0.39, 0.29) is 18.1 Å². The minimum absolute atomic E-state index is 0.0111. The number of nitrogens with zero attached hydrogens (tertiary/aromatic N) is 5. The van der Waals surface area contributed by atoms with E-state index in [1.807, 2.05) is 67.3 Å². The summed E-state index contributed by atoms with van der Waals surface area (Å²) in [6.07, 6.45) is 0. The molecule has 9 heteroatoms. The highest BCUT2D eigenvalue weighted by Crippen LogP contribution is 2.27. The van der Waals surface area contributed by atoms with Crippen LogP contribution in [0.5, 0.6) is 5.75 Å². The van der Waals surface area contributed by atoms with Gasteiger partial charge in [-0.25, -0.2) is 4.98 Å². The van der Waals surface area contributed by atoms with Gasteiger partial charge in [-0.15, -0.1) is 0 Å². The van der Waals surface area contributed by atoms with Crippen LogP contribution in [-0.2, 0) is 4.79 Å². The molecular weight excluding hydrogens is 450 g/mol. The highest BCUT2D eigenvalue weighted by Gasteiger charge is 2.23. The van der Waals surface area contributed by atoms with Gasteiger partial charge in [0.25, 0.3) is 11.5 Å². The summed E-state index contributed by atoms with van der Waals surface area (Å²) in [6.45, 7) is 6.34. The van der Waals surface area contributed by atoms with E-state index in [1.165, 1.54) is 21.9 Å². The molecule has 0 unspecified atom stereocenters. The van der Waals surface area contributed by atoms with E-state index in [0.717, 1.165) is 21.7 Å². The average molecular weight is 476 g/mol. The van der Waals surface area contributed by atoms with Gasteiger partial charge in [0, 0.05) is 37.8 Å². The molecule has 8 nitrogen and oxygen atoms in total. The molecule has 1 amide bonds. The Morgan fingerprint density at radius 1 is 1.03 bits per heavy atom. The van der Waals surface area contributed by atoms with E-state index in [0.29, 0.717) is 42.7 Å². The van der Waals surface area contributed by atoms with Gasteiger partial charge in [-0.3, -0.25) is 9.59 Å². The Morgan fingerprint density at radius 2 is 1.76 bits per heavy atom. The lowest BCUT2D eigenvalue weighted by atomic mass is 10.1. The Labute approximate surface area is 201 Å². The van der Waals surface area contributed by atoms with Crippen molar-refractivity contribution in [1.29, 1.82) is 0 Å². The SMILES string of the molecule is Cc1ccc(OCC(=O)N2CCN(c3cc(=O)n4nc(-c5ccccc5C)sc4n3)CC2)cc1. The molecule has 3 heterocycles. The van der Waals surface area contributed by atoms with Crippen LogP contribution >= 0.6 is 11.3 Å². The lowest BCUT2D eigenvalue weighted by Gasteiger charge is -2.35. The summed E-state index contributed by atoms with van der Waals surface area (Å²) < 4.78 is 6.99. The monoisotopic (exact) mass is 475 g/mol. The van der Waals surface area contributed by atoms with Crippen molar-refractivity contribution < 1.29 is 9.53 Å². The second kappa shape index (κ2) is 9.26. The topological polar surface area (TPSA) is 80.0 Å². The third-order valence-corrected chi connectivity index (χ3v) is 6.89. The first kappa shape index (κ1) is 22.1. The third kappa shape index (κ3) is 4.51. The van der Waals surface area contributed by atoms with Gasteiger partial charge in [0.2, 0.25) is 4.96 Å². The van der Waals surface area contributed by atoms with Crippen LogP contribution in [0.15, 0.2) is 59.4 Å². The molecule has 0 atom stereocenters. The Morgan fingerprint density at radius 3 is 2.50 bits per heavy atom. The minimum atomic E-state index is -0.207. The largest absolute Gasteiger partial charge is 0.484 e. The van der Waals surface area contributed by atoms with Crippen LogP contribution in [0.2, 0.25) is 0 Å². The van der Waals surface area contributed by atoms with Gasteiger partial charge >= 0.3 is 0 Å². The Hall–Kier alpha value is -3.72. The predicted molar refractivity (Wildman–Crippen MR) is 133 cm³/mol. The summed E-state index contributed by atoms with van der Waals surface area (Å²) in [5, 5.41) is 5.26. The molecule has 2 aromatic heterocycles. The fourth-order valence-electron chi connectivity index (χ4n) is 3.94. The van der Waals surface area contributed by atoms with Crippen molar-refractivity contribution in [2.75, 3.05) is 37.7 Å². The van der Waals surface area contributed by atoms with E-state index in [4.69, 9.17) is 9.72 Å². The zero-order valence-corrected chi connectivity index (χ0v) is 19.9. The number of anilines is 1. The van der Waals surface area contributed by atoms with Crippen molar-refractivity contribution in [3.05, 3.63) is 76.1 Å². The van der Waals surface area contributed by atoms with E-state index in [2.05, 4.69) is 5.10 Å². The fraction of sp³-hybridized carbons (Fsp3) is 0.280. The van der Waals surface area contributed by atoms with E-state index in [9.17, 15) is 9.59 Å². The third-order valence-electron chi connectivity index (χ3n) is 5.95. The van der Waals surface area contributed by atoms with Crippen LogP contribution in [0, 0.1) is 13.8 Å². The summed E-state index contributed by atoms with van der Waals surface area (Å²) in [4.78, 5) is 34.4. The van der Waals surface area contributed by atoms with Gasteiger partial charge in [-0.05, 0) is 31.5 Å². The van der Waals surface area contributed by atoms with Crippen molar-refractivity contribution in [3.8, 4) is 16.3 Å². The molecule has 1 fully saturated rings. The molecule has 0 saturated carbocycles. The minimum Gasteiger partial charge on any atom is -0.484 e. The first-order valence-corrected chi connectivity index (χ1v) is 12.0.